The number of aromatic nitrogens is 2. The number of rotatable bonds is 5. The van der Waals surface area contributed by atoms with Gasteiger partial charge in [0.2, 0.25) is 11.8 Å². The summed E-state index contributed by atoms with van der Waals surface area (Å²) in [6, 6.07) is 15.7. The molecule has 0 saturated carbocycles. The standard InChI is InChI=1S/C25H28N4O3/c1-27-22(10-12-26-27)21-17-29(23(30)15-20-9-5-14-32-20)18-25(21)11-6-13-28(24(25)31)16-19-7-3-2-4-8-19/h2-5,7-10,12,14,21H,6,11,13,15-18H2,1H3/t21-,25+/m0/s1. The number of hydrogen-bond acceptors (Lipinski definition) is 4. The Bertz CT molecular complexity index is 1090. The van der Waals surface area contributed by atoms with E-state index in [-0.39, 0.29) is 24.2 Å². The summed E-state index contributed by atoms with van der Waals surface area (Å²) in [5.41, 5.74) is 1.51. The number of carbonyl (C=O) groups excluding carboxylic acids is 2. The molecule has 2 aliphatic rings. The van der Waals surface area contributed by atoms with E-state index >= 15 is 0 Å². The quantitative estimate of drug-likeness (QED) is 0.621. The monoisotopic (exact) mass is 432 g/mol. The Morgan fingerprint density at radius 1 is 1.19 bits per heavy atom. The molecule has 7 nitrogen and oxygen atoms in total. The third-order valence-corrected chi connectivity index (χ3v) is 7.00. The van der Waals surface area contributed by atoms with Crippen LogP contribution in [0.4, 0.5) is 0 Å². The molecule has 2 amide bonds. The van der Waals surface area contributed by atoms with Crippen molar-refractivity contribution >= 4 is 11.8 Å². The molecule has 0 radical (unpaired) electrons. The van der Waals surface area contributed by atoms with Crippen molar-refractivity contribution in [3.05, 3.63) is 78.0 Å². The second kappa shape index (κ2) is 8.30. The molecule has 32 heavy (non-hydrogen) atoms. The number of piperidine rings is 1. The van der Waals surface area contributed by atoms with Crippen molar-refractivity contribution in [2.75, 3.05) is 19.6 Å². The molecule has 3 aromatic rings. The summed E-state index contributed by atoms with van der Waals surface area (Å²) < 4.78 is 7.23. The Labute approximate surface area is 187 Å². The molecule has 2 atom stereocenters. The molecule has 5 rings (SSSR count). The number of furan rings is 1. The third kappa shape index (κ3) is 3.61. The maximum atomic E-state index is 14.0. The van der Waals surface area contributed by atoms with Gasteiger partial charge in [0.05, 0.1) is 18.1 Å². The van der Waals surface area contributed by atoms with Crippen LogP contribution in [0.25, 0.3) is 0 Å². The van der Waals surface area contributed by atoms with Crippen molar-refractivity contribution < 1.29 is 14.0 Å². The van der Waals surface area contributed by atoms with E-state index in [1.165, 1.54) is 0 Å². The highest BCUT2D eigenvalue weighted by Crippen LogP contribution is 2.49. The molecule has 2 saturated heterocycles. The van der Waals surface area contributed by atoms with E-state index in [9.17, 15) is 9.59 Å². The largest absolute Gasteiger partial charge is 0.469 e. The first-order valence-corrected chi connectivity index (χ1v) is 11.2. The van der Waals surface area contributed by atoms with Crippen LogP contribution in [-0.2, 0) is 29.6 Å². The van der Waals surface area contributed by atoms with Crippen molar-refractivity contribution in [3.63, 3.8) is 0 Å². The lowest BCUT2D eigenvalue weighted by molar-refractivity contribution is -0.147. The molecule has 0 aliphatic carbocycles. The van der Waals surface area contributed by atoms with Gasteiger partial charge in [-0.2, -0.15) is 5.10 Å². The average molecular weight is 433 g/mol. The normalized spacial score (nSPS) is 23.3. The van der Waals surface area contributed by atoms with Gasteiger partial charge in [-0.1, -0.05) is 30.3 Å². The molecule has 166 valence electrons. The number of benzene rings is 1. The Hall–Kier alpha value is -3.35. The van der Waals surface area contributed by atoms with Crippen molar-refractivity contribution in [1.29, 1.82) is 0 Å². The maximum Gasteiger partial charge on any atom is 0.231 e. The molecule has 0 unspecified atom stereocenters. The Morgan fingerprint density at radius 3 is 2.75 bits per heavy atom. The van der Waals surface area contributed by atoms with E-state index in [1.807, 2.05) is 51.9 Å². The zero-order valence-corrected chi connectivity index (χ0v) is 18.3. The van der Waals surface area contributed by atoms with Gasteiger partial charge in [0.25, 0.3) is 0 Å². The Balaban J connectivity index is 1.45. The minimum Gasteiger partial charge on any atom is -0.469 e. The molecular formula is C25H28N4O3. The molecule has 1 aromatic carbocycles. The fourth-order valence-electron chi connectivity index (χ4n) is 5.41. The van der Waals surface area contributed by atoms with Gasteiger partial charge < -0.3 is 14.2 Å². The van der Waals surface area contributed by atoms with Crippen LogP contribution in [0, 0.1) is 5.41 Å². The van der Waals surface area contributed by atoms with Crippen LogP contribution in [0.15, 0.2) is 65.4 Å². The van der Waals surface area contributed by atoms with E-state index in [2.05, 4.69) is 17.2 Å². The highest BCUT2D eigenvalue weighted by molar-refractivity contribution is 5.87. The second-order valence-corrected chi connectivity index (χ2v) is 8.93. The lowest BCUT2D eigenvalue weighted by atomic mass is 9.70. The van der Waals surface area contributed by atoms with Gasteiger partial charge in [-0.05, 0) is 36.6 Å². The predicted octanol–water partition coefficient (Wildman–Crippen LogP) is 2.99. The van der Waals surface area contributed by atoms with Crippen LogP contribution < -0.4 is 0 Å². The zero-order valence-electron chi connectivity index (χ0n) is 18.3. The highest BCUT2D eigenvalue weighted by atomic mass is 16.3. The number of likely N-dealkylation sites (tertiary alicyclic amines) is 2. The molecule has 7 heteroatoms. The van der Waals surface area contributed by atoms with E-state index < -0.39 is 5.41 Å². The van der Waals surface area contributed by atoms with Crippen molar-refractivity contribution in [1.82, 2.24) is 19.6 Å². The van der Waals surface area contributed by atoms with Crippen LogP contribution in [-0.4, -0.2) is 51.0 Å². The minimum atomic E-state index is -0.625. The summed E-state index contributed by atoms with van der Waals surface area (Å²) in [6.45, 7) is 2.30. The molecule has 4 heterocycles. The summed E-state index contributed by atoms with van der Waals surface area (Å²) in [7, 11) is 1.91. The van der Waals surface area contributed by atoms with Crippen LogP contribution in [0.1, 0.15) is 35.8 Å². The molecule has 2 aromatic heterocycles. The van der Waals surface area contributed by atoms with Crippen molar-refractivity contribution in [2.45, 2.75) is 31.7 Å². The van der Waals surface area contributed by atoms with Gasteiger partial charge in [0.1, 0.15) is 5.76 Å². The maximum absolute atomic E-state index is 14.0. The van der Waals surface area contributed by atoms with Gasteiger partial charge in [0.15, 0.2) is 0 Å². The van der Waals surface area contributed by atoms with Crippen molar-refractivity contribution in [2.24, 2.45) is 12.5 Å². The van der Waals surface area contributed by atoms with E-state index in [0.29, 0.717) is 25.4 Å². The van der Waals surface area contributed by atoms with Gasteiger partial charge in [-0.3, -0.25) is 14.3 Å². The lowest BCUT2D eigenvalue weighted by Crippen LogP contribution is -2.52. The van der Waals surface area contributed by atoms with Gasteiger partial charge in [-0.25, -0.2) is 0 Å². The Morgan fingerprint density at radius 2 is 2.03 bits per heavy atom. The molecule has 0 bridgehead atoms. The van der Waals surface area contributed by atoms with Gasteiger partial charge >= 0.3 is 0 Å². The van der Waals surface area contributed by atoms with Crippen LogP contribution in [0.3, 0.4) is 0 Å². The fourth-order valence-corrected chi connectivity index (χ4v) is 5.41. The topological polar surface area (TPSA) is 71.6 Å². The Kier molecular flexibility index (Phi) is 5.33. The summed E-state index contributed by atoms with van der Waals surface area (Å²) in [5.74, 6) is 0.708. The number of hydrogen-bond donors (Lipinski definition) is 0. The minimum absolute atomic E-state index is 0.00280. The van der Waals surface area contributed by atoms with Crippen LogP contribution >= 0.6 is 0 Å². The highest BCUT2D eigenvalue weighted by Gasteiger charge is 2.56. The number of carbonyl (C=O) groups is 2. The summed E-state index contributed by atoms with van der Waals surface area (Å²) >= 11 is 0. The molecule has 2 fully saturated rings. The summed E-state index contributed by atoms with van der Waals surface area (Å²) in [4.78, 5) is 31.0. The fraction of sp³-hybridized carbons (Fsp3) is 0.400. The van der Waals surface area contributed by atoms with Crippen molar-refractivity contribution in [3.8, 4) is 0 Å². The first-order chi connectivity index (χ1) is 15.6. The number of amides is 2. The van der Waals surface area contributed by atoms with E-state index in [1.54, 1.807) is 18.5 Å². The first-order valence-electron chi connectivity index (χ1n) is 11.2. The van der Waals surface area contributed by atoms with Crippen LogP contribution in [0.5, 0.6) is 0 Å². The average Bonchev–Trinajstić information content (AvgIpc) is 3.53. The molecule has 1 spiro atoms. The number of nitrogens with zero attached hydrogens (tertiary/aromatic N) is 4. The smallest absolute Gasteiger partial charge is 0.231 e. The molecule has 0 N–H and O–H groups in total. The molecule has 2 aliphatic heterocycles. The number of aryl methyl sites for hydroxylation is 1. The summed E-state index contributed by atoms with van der Waals surface area (Å²) in [5, 5.41) is 4.36. The van der Waals surface area contributed by atoms with Gasteiger partial charge in [-0.15, -0.1) is 0 Å². The zero-order chi connectivity index (χ0) is 22.1. The summed E-state index contributed by atoms with van der Waals surface area (Å²) in [6.07, 6.45) is 5.26. The van der Waals surface area contributed by atoms with E-state index in [4.69, 9.17) is 4.42 Å². The second-order valence-electron chi connectivity index (χ2n) is 8.93. The molecular weight excluding hydrogens is 404 g/mol. The lowest BCUT2D eigenvalue weighted by Gasteiger charge is -2.42. The van der Waals surface area contributed by atoms with E-state index in [0.717, 1.165) is 30.6 Å². The van der Waals surface area contributed by atoms with Gasteiger partial charge in [0, 0.05) is 51.0 Å². The predicted molar refractivity (Wildman–Crippen MR) is 118 cm³/mol. The SMILES string of the molecule is Cn1nccc1[C@@H]1CN(C(=O)Cc2ccco2)C[C@]12CCCN(Cc1ccccc1)C2=O. The first kappa shape index (κ1) is 20.5. The van der Waals surface area contributed by atoms with Crippen LogP contribution in [0.2, 0.25) is 0 Å². The third-order valence-electron chi connectivity index (χ3n) is 7.00.